The predicted molar refractivity (Wildman–Crippen MR) is 78.8 cm³/mol. The molecule has 0 radical (unpaired) electrons. The molecule has 3 N–H and O–H groups in total. The summed E-state index contributed by atoms with van der Waals surface area (Å²) in [6, 6.07) is 0. The van der Waals surface area contributed by atoms with Gasteiger partial charge in [0, 0.05) is 25.4 Å². The van der Waals surface area contributed by atoms with E-state index in [9.17, 15) is 18.0 Å². The van der Waals surface area contributed by atoms with E-state index < -0.39 is 11.4 Å². The number of thioether (sulfide) groups is 1. The Kier molecular flexibility index (Phi) is 5.20. The van der Waals surface area contributed by atoms with Gasteiger partial charge in [-0.25, -0.2) is 4.98 Å². The molecule has 1 aliphatic heterocycles. The Hall–Kier alpha value is -1.16. The monoisotopic (exact) mass is 340 g/mol. The van der Waals surface area contributed by atoms with Gasteiger partial charge in [0.2, 0.25) is 0 Å². The van der Waals surface area contributed by atoms with Crippen molar-refractivity contribution < 1.29 is 18.0 Å². The number of aromatic nitrogens is 1. The summed E-state index contributed by atoms with van der Waals surface area (Å²) in [5.74, 6) is -0.575. The van der Waals surface area contributed by atoms with Crippen LogP contribution in [0.3, 0.4) is 0 Å². The van der Waals surface area contributed by atoms with Gasteiger partial charge in [0.1, 0.15) is 10.7 Å². The molecular formula is C11H15F3N4OS2. The van der Waals surface area contributed by atoms with Crippen LogP contribution in [-0.2, 0) is 0 Å². The first-order valence-electron chi connectivity index (χ1n) is 6.37. The zero-order chi connectivity index (χ0) is 15.5. The van der Waals surface area contributed by atoms with Crippen molar-refractivity contribution in [3.63, 3.8) is 0 Å². The number of carbonyl (C=O) groups is 1. The molecule has 0 bridgehead atoms. The van der Waals surface area contributed by atoms with Crippen molar-refractivity contribution in [3.8, 4) is 0 Å². The van der Waals surface area contributed by atoms with Gasteiger partial charge in [-0.05, 0) is 24.6 Å². The standard InChI is InChI=1S/C11H15F3N4OS2/c12-11(13,14)20-6-3-16-9(19)7-8(15)17-10(21-7)18-4-1-2-5-18/h1-6,15H2,(H,16,19). The average Bonchev–Trinajstić information content (AvgIpc) is 3.02. The summed E-state index contributed by atoms with van der Waals surface area (Å²) in [6.45, 7) is 1.70. The molecule has 0 aromatic carbocycles. The fourth-order valence-electron chi connectivity index (χ4n) is 1.94. The third-order valence-corrected chi connectivity index (χ3v) is 4.74. The normalized spacial score (nSPS) is 15.5. The fourth-order valence-corrected chi connectivity index (χ4v) is 3.33. The summed E-state index contributed by atoms with van der Waals surface area (Å²) < 4.78 is 35.9. The molecular weight excluding hydrogens is 325 g/mol. The maximum atomic E-state index is 12.0. The molecule has 0 saturated carbocycles. The van der Waals surface area contributed by atoms with Crippen LogP contribution in [0.2, 0.25) is 0 Å². The minimum Gasteiger partial charge on any atom is -0.382 e. The van der Waals surface area contributed by atoms with Crippen LogP contribution in [0.4, 0.5) is 24.1 Å². The molecule has 1 amide bonds. The Morgan fingerprint density at radius 3 is 2.71 bits per heavy atom. The largest absolute Gasteiger partial charge is 0.441 e. The van der Waals surface area contributed by atoms with E-state index >= 15 is 0 Å². The number of alkyl halides is 3. The van der Waals surface area contributed by atoms with Gasteiger partial charge in [0.05, 0.1) is 0 Å². The van der Waals surface area contributed by atoms with Crippen LogP contribution in [0.5, 0.6) is 0 Å². The predicted octanol–water partition coefficient (Wildman–Crippen LogP) is 2.31. The Balaban J connectivity index is 1.87. The van der Waals surface area contributed by atoms with Crippen molar-refractivity contribution in [3.05, 3.63) is 4.88 Å². The van der Waals surface area contributed by atoms with E-state index in [0.717, 1.165) is 25.9 Å². The minimum absolute atomic E-state index is 0.0700. The Morgan fingerprint density at radius 2 is 2.10 bits per heavy atom. The number of nitrogens with zero attached hydrogens (tertiary/aromatic N) is 2. The van der Waals surface area contributed by atoms with Gasteiger partial charge >= 0.3 is 5.51 Å². The molecule has 2 rings (SSSR count). The number of nitrogens with one attached hydrogen (secondary N) is 1. The molecule has 1 saturated heterocycles. The molecule has 0 spiro atoms. The molecule has 1 aromatic rings. The third-order valence-electron chi connectivity index (χ3n) is 2.88. The smallest absolute Gasteiger partial charge is 0.382 e. The fraction of sp³-hybridized carbons (Fsp3) is 0.636. The number of amides is 1. The molecule has 1 aromatic heterocycles. The molecule has 118 valence electrons. The molecule has 1 fully saturated rings. The molecule has 1 aliphatic rings. The topological polar surface area (TPSA) is 71.2 Å². The van der Waals surface area contributed by atoms with Crippen molar-refractivity contribution in [1.82, 2.24) is 10.3 Å². The highest BCUT2D eigenvalue weighted by atomic mass is 32.2. The summed E-state index contributed by atoms with van der Waals surface area (Å²) >= 11 is 1.01. The number of nitrogens with two attached hydrogens (primary N) is 1. The van der Waals surface area contributed by atoms with Crippen LogP contribution in [0.25, 0.3) is 0 Å². The van der Waals surface area contributed by atoms with Crippen molar-refractivity contribution in [2.75, 3.05) is 36.0 Å². The number of anilines is 2. The zero-order valence-corrected chi connectivity index (χ0v) is 12.7. The Labute approximate surface area is 128 Å². The van der Waals surface area contributed by atoms with Crippen LogP contribution in [-0.4, -0.2) is 41.8 Å². The van der Waals surface area contributed by atoms with Gasteiger partial charge < -0.3 is 16.0 Å². The highest BCUT2D eigenvalue weighted by Crippen LogP contribution is 2.31. The lowest BCUT2D eigenvalue weighted by atomic mass is 10.4. The first-order valence-corrected chi connectivity index (χ1v) is 8.17. The SMILES string of the molecule is Nc1nc(N2CCCC2)sc1C(=O)NCCSC(F)(F)F. The number of thiazole rings is 1. The molecule has 21 heavy (non-hydrogen) atoms. The highest BCUT2D eigenvalue weighted by Gasteiger charge is 2.27. The second-order valence-corrected chi connectivity index (χ2v) is 6.59. The molecule has 0 atom stereocenters. The van der Waals surface area contributed by atoms with Gasteiger partial charge in [-0.15, -0.1) is 0 Å². The van der Waals surface area contributed by atoms with E-state index in [-0.39, 0.29) is 34.8 Å². The summed E-state index contributed by atoms with van der Waals surface area (Å²) in [5.41, 5.74) is 1.43. The summed E-state index contributed by atoms with van der Waals surface area (Å²) in [6.07, 6.45) is 2.16. The lowest BCUT2D eigenvalue weighted by molar-refractivity contribution is -0.0327. The number of carbonyl (C=O) groups excluding carboxylic acids is 1. The third kappa shape index (κ3) is 4.67. The quantitative estimate of drug-likeness (QED) is 0.805. The second kappa shape index (κ2) is 6.73. The van der Waals surface area contributed by atoms with Gasteiger partial charge in [-0.1, -0.05) is 11.3 Å². The van der Waals surface area contributed by atoms with Crippen molar-refractivity contribution in [2.45, 2.75) is 18.3 Å². The lowest BCUT2D eigenvalue weighted by Gasteiger charge is -2.11. The molecule has 0 unspecified atom stereocenters. The van der Waals surface area contributed by atoms with Gasteiger partial charge in [0.25, 0.3) is 5.91 Å². The molecule has 10 heteroatoms. The first kappa shape index (κ1) is 16.2. The molecule has 2 heterocycles. The number of nitrogen functional groups attached to an aromatic ring is 1. The van der Waals surface area contributed by atoms with Gasteiger partial charge in [0.15, 0.2) is 5.13 Å². The van der Waals surface area contributed by atoms with Crippen LogP contribution < -0.4 is 16.0 Å². The van der Waals surface area contributed by atoms with E-state index in [0.29, 0.717) is 5.13 Å². The summed E-state index contributed by atoms with van der Waals surface area (Å²) in [4.78, 5) is 18.4. The zero-order valence-electron chi connectivity index (χ0n) is 11.1. The van der Waals surface area contributed by atoms with Crippen LogP contribution in [0.15, 0.2) is 0 Å². The number of rotatable bonds is 5. The first-order chi connectivity index (χ1) is 9.87. The van der Waals surface area contributed by atoms with Crippen molar-refractivity contribution in [2.24, 2.45) is 0 Å². The van der Waals surface area contributed by atoms with Crippen LogP contribution in [0.1, 0.15) is 22.5 Å². The van der Waals surface area contributed by atoms with E-state index in [1.165, 1.54) is 11.3 Å². The maximum Gasteiger partial charge on any atom is 0.441 e. The maximum absolute atomic E-state index is 12.0. The Bertz CT molecular complexity index is 500. The van der Waals surface area contributed by atoms with Gasteiger partial charge in [-0.2, -0.15) is 13.2 Å². The Morgan fingerprint density at radius 1 is 1.43 bits per heavy atom. The number of halogens is 3. The number of hydrogen-bond donors (Lipinski definition) is 2. The minimum atomic E-state index is -4.28. The number of hydrogen-bond acceptors (Lipinski definition) is 6. The van der Waals surface area contributed by atoms with Crippen molar-refractivity contribution in [1.29, 1.82) is 0 Å². The van der Waals surface area contributed by atoms with E-state index in [1.807, 2.05) is 0 Å². The summed E-state index contributed by atoms with van der Waals surface area (Å²) in [7, 11) is 0. The summed E-state index contributed by atoms with van der Waals surface area (Å²) in [5, 5.41) is 3.12. The lowest BCUT2D eigenvalue weighted by Crippen LogP contribution is -2.26. The average molecular weight is 340 g/mol. The van der Waals surface area contributed by atoms with Crippen LogP contribution in [0, 0.1) is 0 Å². The van der Waals surface area contributed by atoms with Gasteiger partial charge in [-0.3, -0.25) is 4.79 Å². The molecule has 0 aliphatic carbocycles. The van der Waals surface area contributed by atoms with E-state index in [4.69, 9.17) is 5.73 Å². The second-order valence-electron chi connectivity index (χ2n) is 4.46. The van der Waals surface area contributed by atoms with E-state index in [2.05, 4.69) is 15.2 Å². The van der Waals surface area contributed by atoms with Crippen molar-refractivity contribution >= 4 is 40.0 Å². The molecule has 5 nitrogen and oxygen atoms in total. The highest BCUT2D eigenvalue weighted by molar-refractivity contribution is 8.00. The van der Waals surface area contributed by atoms with Crippen LogP contribution >= 0.6 is 23.1 Å². The van der Waals surface area contributed by atoms with E-state index in [1.54, 1.807) is 0 Å².